The van der Waals surface area contributed by atoms with Crippen LogP contribution in [0.2, 0.25) is 0 Å². The molecule has 1 amide bonds. The number of hydrazine groups is 1. The van der Waals surface area contributed by atoms with Gasteiger partial charge in [0.15, 0.2) is 0 Å². The largest absolute Gasteiger partial charge is 0.350 e. The minimum absolute atomic E-state index is 0.0197. The van der Waals surface area contributed by atoms with Crippen LogP contribution in [-0.2, 0) is 4.79 Å². The van der Waals surface area contributed by atoms with Gasteiger partial charge >= 0.3 is 0 Å². The molecule has 0 aromatic rings. The molecule has 0 aromatic carbocycles. The van der Waals surface area contributed by atoms with Gasteiger partial charge in [0.25, 0.3) is 5.91 Å². The van der Waals surface area contributed by atoms with Crippen molar-refractivity contribution in [3.05, 3.63) is 11.3 Å². The summed E-state index contributed by atoms with van der Waals surface area (Å²) in [5.74, 6) is 0.0197. The Labute approximate surface area is 58.6 Å². The van der Waals surface area contributed by atoms with Crippen LogP contribution in [0, 0.1) is 0 Å². The van der Waals surface area contributed by atoms with Crippen molar-refractivity contribution in [1.29, 1.82) is 0 Å². The molecule has 2 rings (SSSR count). The quantitative estimate of drug-likeness (QED) is 0.398. The van der Waals surface area contributed by atoms with Crippen LogP contribution in [0.1, 0.15) is 6.42 Å². The van der Waals surface area contributed by atoms with Crippen molar-refractivity contribution in [1.82, 2.24) is 16.2 Å². The first-order valence-electron chi connectivity index (χ1n) is 3.37. The van der Waals surface area contributed by atoms with Gasteiger partial charge in [0.2, 0.25) is 0 Å². The summed E-state index contributed by atoms with van der Waals surface area (Å²) in [5.41, 5.74) is 7.66. The molecule has 0 atom stereocenters. The first-order valence-corrected chi connectivity index (χ1v) is 3.37. The predicted octanol–water partition coefficient (Wildman–Crippen LogP) is -1.13. The van der Waals surface area contributed by atoms with Gasteiger partial charge < -0.3 is 10.7 Å². The zero-order valence-electron chi connectivity index (χ0n) is 5.53. The Morgan fingerprint density at radius 1 is 1.40 bits per heavy atom. The van der Waals surface area contributed by atoms with Crippen molar-refractivity contribution in [2.75, 3.05) is 13.1 Å². The lowest BCUT2D eigenvalue weighted by atomic mass is 10.1. The average molecular weight is 139 g/mol. The molecule has 2 aliphatic heterocycles. The van der Waals surface area contributed by atoms with E-state index in [1.165, 1.54) is 5.57 Å². The first kappa shape index (κ1) is 5.73. The van der Waals surface area contributed by atoms with Crippen LogP contribution in [-0.4, -0.2) is 19.0 Å². The molecule has 54 valence electrons. The third-order valence-corrected chi connectivity index (χ3v) is 1.81. The molecule has 2 heterocycles. The number of amides is 1. The topological polar surface area (TPSA) is 53.2 Å². The highest BCUT2D eigenvalue weighted by Gasteiger charge is 2.23. The monoisotopic (exact) mass is 139 g/mol. The molecule has 0 radical (unpaired) electrons. The highest BCUT2D eigenvalue weighted by Crippen LogP contribution is 2.12. The van der Waals surface area contributed by atoms with Gasteiger partial charge in [0, 0.05) is 13.1 Å². The fraction of sp³-hybridized carbons (Fsp3) is 0.500. The molecule has 4 heteroatoms. The van der Waals surface area contributed by atoms with Gasteiger partial charge in [-0.2, -0.15) is 0 Å². The van der Waals surface area contributed by atoms with Crippen molar-refractivity contribution in [3.8, 4) is 0 Å². The molecular formula is C6H9N3O. The third-order valence-electron chi connectivity index (χ3n) is 1.81. The van der Waals surface area contributed by atoms with Crippen LogP contribution in [0.5, 0.6) is 0 Å². The fourth-order valence-electron chi connectivity index (χ4n) is 1.26. The summed E-state index contributed by atoms with van der Waals surface area (Å²) in [7, 11) is 0. The van der Waals surface area contributed by atoms with Crippen molar-refractivity contribution < 1.29 is 4.79 Å². The van der Waals surface area contributed by atoms with E-state index in [4.69, 9.17) is 0 Å². The number of carbonyl (C=O) groups is 1. The molecule has 0 fully saturated rings. The lowest BCUT2D eigenvalue weighted by molar-refractivity contribution is -0.118. The van der Waals surface area contributed by atoms with Crippen LogP contribution < -0.4 is 16.2 Å². The Hall–Kier alpha value is -1.03. The Kier molecular flexibility index (Phi) is 1.14. The van der Waals surface area contributed by atoms with E-state index in [1.54, 1.807) is 0 Å². The van der Waals surface area contributed by atoms with Gasteiger partial charge in [0.1, 0.15) is 5.70 Å². The van der Waals surface area contributed by atoms with Gasteiger partial charge in [0.05, 0.1) is 0 Å². The minimum Gasteiger partial charge on any atom is -0.350 e. The third kappa shape index (κ3) is 0.690. The SMILES string of the molecule is O=C1NCCC2=C1NNC2. The highest BCUT2D eigenvalue weighted by molar-refractivity contribution is 5.94. The molecule has 0 aliphatic carbocycles. The minimum atomic E-state index is 0.0197. The summed E-state index contributed by atoms with van der Waals surface area (Å²) in [6.07, 6.45) is 0.973. The smallest absolute Gasteiger partial charge is 0.268 e. The van der Waals surface area contributed by atoms with Crippen LogP contribution >= 0.6 is 0 Å². The van der Waals surface area contributed by atoms with E-state index in [2.05, 4.69) is 16.2 Å². The molecule has 10 heavy (non-hydrogen) atoms. The van der Waals surface area contributed by atoms with Crippen molar-refractivity contribution >= 4 is 5.91 Å². The van der Waals surface area contributed by atoms with E-state index in [1.807, 2.05) is 0 Å². The maximum atomic E-state index is 11.0. The van der Waals surface area contributed by atoms with Gasteiger partial charge in [-0.1, -0.05) is 0 Å². The number of hydrogen-bond acceptors (Lipinski definition) is 3. The maximum absolute atomic E-state index is 11.0. The van der Waals surface area contributed by atoms with Crippen LogP contribution in [0.3, 0.4) is 0 Å². The fourth-order valence-corrected chi connectivity index (χ4v) is 1.26. The summed E-state index contributed by atoms with van der Waals surface area (Å²) < 4.78 is 0. The normalized spacial score (nSPS) is 23.8. The second-order valence-electron chi connectivity index (χ2n) is 2.46. The van der Waals surface area contributed by atoms with E-state index in [0.29, 0.717) is 0 Å². The second kappa shape index (κ2) is 1.98. The Bertz CT molecular complexity index is 209. The average Bonchev–Trinajstić information content (AvgIpc) is 2.36. The zero-order valence-corrected chi connectivity index (χ0v) is 5.53. The second-order valence-corrected chi connectivity index (χ2v) is 2.46. The molecule has 0 bridgehead atoms. The standard InChI is InChI=1S/C6H9N3O/c10-6-5-4(1-2-7-6)3-8-9-5/h8-9H,1-3H2,(H,7,10). The van der Waals surface area contributed by atoms with Crippen LogP contribution in [0.15, 0.2) is 11.3 Å². The molecule has 0 spiro atoms. The zero-order chi connectivity index (χ0) is 6.97. The number of hydrogen-bond donors (Lipinski definition) is 3. The summed E-state index contributed by atoms with van der Waals surface area (Å²) in [4.78, 5) is 11.0. The van der Waals surface area contributed by atoms with Gasteiger partial charge in [-0.15, -0.1) is 0 Å². The van der Waals surface area contributed by atoms with Gasteiger partial charge in [-0.05, 0) is 12.0 Å². The van der Waals surface area contributed by atoms with E-state index in [-0.39, 0.29) is 5.91 Å². The summed E-state index contributed by atoms with van der Waals surface area (Å²) in [5, 5.41) is 2.75. The maximum Gasteiger partial charge on any atom is 0.268 e. The van der Waals surface area contributed by atoms with E-state index in [0.717, 1.165) is 25.2 Å². The van der Waals surface area contributed by atoms with Crippen LogP contribution in [0.4, 0.5) is 0 Å². The number of carbonyl (C=O) groups excluding carboxylic acids is 1. The van der Waals surface area contributed by atoms with Gasteiger partial charge in [-0.25, -0.2) is 5.43 Å². The lowest BCUT2D eigenvalue weighted by Gasteiger charge is -2.12. The first-order chi connectivity index (χ1) is 4.88. The molecule has 0 saturated carbocycles. The van der Waals surface area contributed by atoms with E-state index >= 15 is 0 Å². The summed E-state index contributed by atoms with van der Waals surface area (Å²) >= 11 is 0. The number of nitrogens with one attached hydrogen (secondary N) is 3. The Morgan fingerprint density at radius 2 is 2.30 bits per heavy atom. The van der Waals surface area contributed by atoms with E-state index < -0.39 is 0 Å². The molecule has 3 N–H and O–H groups in total. The van der Waals surface area contributed by atoms with Crippen molar-refractivity contribution in [2.24, 2.45) is 0 Å². The van der Waals surface area contributed by atoms with Crippen molar-refractivity contribution in [2.45, 2.75) is 6.42 Å². The molecule has 0 unspecified atom stereocenters. The molecular weight excluding hydrogens is 130 g/mol. The molecule has 2 aliphatic rings. The number of rotatable bonds is 0. The lowest BCUT2D eigenvalue weighted by Crippen LogP contribution is -2.36. The summed E-state index contributed by atoms with van der Waals surface area (Å²) in [6, 6.07) is 0. The van der Waals surface area contributed by atoms with E-state index in [9.17, 15) is 4.79 Å². The Morgan fingerprint density at radius 3 is 3.10 bits per heavy atom. The molecule has 0 saturated heterocycles. The predicted molar refractivity (Wildman–Crippen MR) is 35.8 cm³/mol. The molecule has 0 aromatic heterocycles. The summed E-state index contributed by atoms with van der Waals surface area (Å²) in [6.45, 7) is 1.59. The van der Waals surface area contributed by atoms with Crippen molar-refractivity contribution in [3.63, 3.8) is 0 Å². The Balaban J connectivity index is 2.31. The van der Waals surface area contributed by atoms with Gasteiger partial charge in [-0.3, -0.25) is 4.79 Å². The molecule has 4 nitrogen and oxygen atoms in total. The highest BCUT2D eigenvalue weighted by atomic mass is 16.2. The van der Waals surface area contributed by atoms with Crippen LogP contribution in [0.25, 0.3) is 0 Å².